The third-order valence-electron chi connectivity index (χ3n) is 2.45. The van der Waals surface area contributed by atoms with Gasteiger partial charge in [0.15, 0.2) is 5.78 Å². The minimum absolute atomic E-state index is 0.160. The van der Waals surface area contributed by atoms with Crippen LogP contribution in [-0.4, -0.2) is 5.78 Å². The Balaban J connectivity index is 2.32. The molecular weight excluding hydrogens is 172 g/mol. The highest BCUT2D eigenvalue weighted by molar-refractivity contribution is 6.10. The van der Waals surface area contributed by atoms with Crippen molar-refractivity contribution < 1.29 is 4.79 Å². The SMILES string of the molecule is Cc1ccccc1C(=O)C1=CC=CC1. The van der Waals surface area contributed by atoms with Gasteiger partial charge in [-0.05, 0) is 18.9 Å². The van der Waals surface area contributed by atoms with Gasteiger partial charge in [0.05, 0.1) is 0 Å². The third kappa shape index (κ3) is 1.53. The summed E-state index contributed by atoms with van der Waals surface area (Å²) < 4.78 is 0. The Labute approximate surface area is 83.8 Å². The molecule has 0 saturated heterocycles. The molecule has 0 fully saturated rings. The largest absolute Gasteiger partial charge is 0.289 e. The van der Waals surface area contributed by atoms with Gasteiger partial charge in [0.2, 0.25) is 0 Å². The van der Waals surface area contributed by atoms with Gasteiger partial charge in [0, 0.05) is 11.1 Å². The molecule has 0 unspecified atom stereocenters. The molecular formula is C13H12O. The molecule has 0 atom stereocenters. The summed E-state index contributed by atoms with van der Waals surface area (Å²) in [5.74, 6) is 0.160. The zero-order chi connectivity index (χ0) is 9.97. The maximum Gasteiger partial charge on any atom is 0.189 e. The van der Waals surface area contributed by atoms with E-state index in [-0.39, 0.29) is 5.78 Å². The summed E-state index contributed by atoms with van der Waals surface area (Å²) in [6.07, 6.45) is 6.61. The van der Waals surface area contributed by atoms with Crippen LogP contribution in [0.2, 0.25) is 0 Å². The van der Waals surface area contributed by atoms with E-state index in [1.54, 1.807) is 0 Å². The fourth-order valence-corrected chi connectivity index (χ4v) is 1.62. The molecule has 1 aromatic carbocycles. The van der Waals surface area contributed by atoms with Crippen LogP contribution < -0.4 is 0 Å². The average Bonchev–Trinajstić information content (AvgIpc) is 2.70. The topological polar surface area (TPSA) is 17.1 Å². The molecule has 0 radical (unpaired) electrons. The maximum atomic E-state index is 12.0. The average molecular weight is 184 g/mol. The molecule has 0 aromatic heterocycles. The Morgan fingerprint density at radius 2 is 2.07 bits per heavy atom. The first-order chi connectivity index (χ1) is 6.79. The second-order valence-corrected chi connectivity index (χ2v) is 3.47. The van der Waals surface area contributed by atoms with Crippen molar-refractivity contribution in [3.8, 4) is 0 Å². The van der Waals surface area contributed by atoms with Crippen molar-refractivity contribution in [1.29, 1.82) is 0 Å². The van der Waals surface area contributed by atoms with Gasteiger partial charge in [-0.1, -0.05) is 42.5 Å². The molecule has 70 valence electrons. The number of hydrogen-bond donors (Lipinski definition) is 0. The van der Waals surface area contributed by atoms with Crippen molar-refractivity contribution >= 4 is 5.78 Å². The number of rotatable bonds is 2. The highest BCUT2D eigenvalue weighted by Gasteiger charge is 2.13. The van der Waals surface area contributed by atoms with E-state index in [4.69, 9.17) is 0 Å². The van der Waals surface area contributed by atoms with Gasteiger partial charge in [-0.25, -0.2) is 0 Å². The summed E-state index contributed by atoms with van der Waals surface area (Å²) in [7, 11) is 0. The van der Waals surface area contributed by atoms with Crippen molar-refractivity contribution in [3.05, 3.63) is 59.2 Å². The molecule has 0 aliphatic heterocycles. The van der Waals surface area contributed by atoms with E-state index in [0.717, 1.165) is 23.1 Å². The minimum Gasteiger partial charge on any atom is -0.289 e. The van der Waals surface area contributed by atoms with Crippen molar-refractivity contribution in [2.24, 2.45) is 0 Å². The van der Waals surface area contributed by atoms with Crippen LogP contribution >= 0.6 is 0 Å². The molecule has 1 aromatic rings. The summed E-state index contributed by atoms with van der Waals surface area (Å²) in [6.45, 7) is 1.97. The van der Waals surface area contributed by atoms with E-state index < -0.39 is 0 Å². The maximum absolute atomic E-state index is 12.0. The summed E-state index contributed by atoms with van der Waals surface area (Å²) in [5, 5.41) is 0. The number of allylic oxidation sites excluding steroid dienone is 4. The van der Waals surface area contributed by atoms with E-state index in [1.807, 2.05) is 49.4 Å². The number of ketones is 1. The smallest absolute Gasteiger partial charge is 0.189 e. The first-order valence-electron chi connectivity index (χ1n) is 4.75. The number of hydrogen-bond acceptors (Lipinski definition) is 1. The third-order valence-corrected chi connectivity index (χ3v) is 2.45. The van der Waals surface area contributed by atoms with Gasteiger partial charge in [0.25, 0.3) is 0 Å². The summed E-state index contributed by atoms with van der Waals surface area (Å²) in [6, 6.07) is 7.71. The molecule has 0 saturated carbocycles. The first-order valence-corrected chi connectivity index (χ1v) is 4.75. The molecule has 14 heavy (non-hydrogen) atoms. The molecule has 1 aliphatic carbocycles. The van der Waals surface area contributed by atoms with E-state index in [0.29, 0.717) is 0 Å². The van der Waals surface area contributed by atoms with Crippen LogP contribution in [0.4, 0.5) is 0 Å². The Kier molecular flexibility index (Phi) is 2.32. The van der Waals surface area contributed by atoms with Crippen LogP contribution in [-0.2, 0) is 0 Å². The molecule has 0 heterocycles. The minimum atomic E-state index is 0.160. The highest BCUT2D eigenvalue weighted by Crippen LogP contribution is 2.18. The van der Waals surface area contributed by atoms with Crippen LogP contribution in [0.3, 0.4) is 0 Å². The summed E-state index contributed by atoms with van der Waals surface area (Å²) in [5.41, 5.74) is 2.76. The lowest BCUT2D eigenvalue weighted by Gasteiger charge is -2.04. The molecule has 0 spiro atoms. The molecule has 1 aliphatic rings. The van der Waals surface area contributed by atoms with E-state index in [2.05, 4.69) is 0 Å². The summed E-state index contributed by atoms with van der Waals surface area (Å²) >= 11 is 0. The quantitative estimate of drug-likeness (QED) is 0.645. The van der Waals surface area contributed by atoms with E-state index in [1.165, 1.54) is 0 Å². The Morgan fingerprint density at radius 3 is 2.71 bits per heavy atom. The number of benzene rings is 1. The first kappa shape index (κ1) is 8.95. The van der Waals surface area contributed by atoms with Crippen molar-refractivity contribution in [1.82, 2.24) is 0 Å². The lowest BCUT2D eigenvalue weighted by atomic mass is 9.99. The standard InChI is InChI=1S/C13H12O/c1-10-6-2-5-9-12(10)13(14)11-7-3-4-8-11/h2-7,9H,8H2,1H3. The molecule has 1 heteroatoms. The van der Waals surface area contributed by atoms with E-state index in [9.17, 15) is 4.79 Å². The molecule has 1 nitrogen and oxygen atoms in total. The predicted octanol–water partition coefficient (Wildman–Crippen LogP) is 3.06. The summed E-state index contributed by atoms with van der Waals surface area (Å²) in [4.78, 5) is 12.0. The van der Waals surface area contributed by atoms with Crippen LogP contribution in [0.5, 0.6) is 0 Å². The Bertz CT molecular complexity index is 425. The van der Waals surface area contributed by atoms with Crippen molar-refractivity contribution in [2.75, 3.05) is 0 Å². The van der Waals surface area contributed by atoms with Gasteiger partial charge < -0.3 is 0 Å². The molecule has 2 rings (SSSR count). The number of Topliss-reactive ketones (excluding diaryl/α,β-unsaturated/α-hetero) is 1. The van der Waals surface area contributed by atoms with Gasteiger partial charge in [0.1, 0.15) is 0 Å². The molecule has 0 bridgehead atoms. The van der Waals surface area contributed by atoms with Gasteiger partial charge in [-0.2, -0.15) is 0 Å². The monoisotopic (exact) mass is 184 g/mol. The van der Waals surface area contributed by atoms with Crippen molar-refractivity contribution in [2.45, 2.75) is 13.3 Å². The second-order valence-electron chi connectivity index (χ2n) is 3.47. The Morgan fingerprint density at radius 1 is 1.29 bits per heavy atom. The second kappa shape index (κ2) is 3.62. The lowest BCUT2D eigenvalue weighted by molar-refractivity contribution is 0.103. The van der Waals surface area contributed by atoms with Gasteiger partial charge >= 0.3 is 0 Å². The normalized spacial score (nSPS) is 14.2. The van der Waals surface area contributed by atoms with Gasteiger partial charge in [-0.15, -0.1) is 0 Å². The number of aryl methyl sites for hydroxylation is 1. The van der Waals surface area contributed by atoms with Crippen LogP contribution in [0.1, 0.15) is 22.3 Å². The van der Waals surface area contributed by atoms with Crippen LogP contribution in [0.15, 0.2) is 48.1 Å². The van der Waals surface area contributed by atoms with Crippen molar-refractivity contribution in [3.63, 3.8) is 0 Å². The Hall–Kier alpha value is -1.63. The van der Waals surface area contributed by atoms with Crippen LogP contribution in [0, 0.1) is 6.92 Å². The van der Waals surface area contributed by atoms with Gasteiger partial charge in [-0.3, -0.25) is 4.79 Å². The zero-order valence-electron chi connectivity index (χ0n) is 8.16. The van der Waals surface area contributed by atoms with Crippen LogP contribution in [0.25, 0.3) is 0 Å². The predicted molar refractivity (Wildman–Crippen MR) is 57.3 cm³/mol. The fourth-order valence-electron chi connectivity index (χ4n) is 1.62. The zero-order valence-corrected chi connectivity index (χ0v) is 8.16. The lowest BCUT2D eigenvalue weighted by Crippen LogP contribution is -2.03. The molecule has 0 amide bonds. The highest BCUT2D eigenvalue weighted by atomic mass is 16.1. The van der Waals surface area contributed by atoms with E-state index >= 15 is 0 Å². The number of carbonyl (C=O) groups excluding carboxylic acids is 1. The number of carbonyl (C=O) groups is 1. The fraction of sp³-hybridized carbons (Fsp3) is 0.154. The molecule has 0 N–H and O–H groups in total.